The molecule has 0 fully saturated rings. The first-order chi connectivity index (χ1) is 11.2. The van der Waals surface area contributed by atoms with E-state index in [1.807, 2.05) is 0 Å². The molecular weight excluding hydrogens is 280 g/mol. The Morgan fingerprint density at radius 2 is 1.13 bits per heavy atom. The lowest BCUT2D eigenvalue weighted by Gasteiger charge is -2.32. The zero-order valence-corrected chi connectivity index (χ0v) is 13.8. The molecule has 2 nitrogen and oxygen atoms in total. The van der Waals surface area contributed by atoms with Gasteiger partial charge in [0, 0.05) is 6.42 Å². The largest absolute Gasteiger partial charge is 0.274 e. The fourth-order valence-corrected chi connectivity index (χ4v) is 3.87. The van der Waals surface area contributed by atoms with E-state index in [-0.39, 0.29) is 11.1 Å². The number of fused-ring (bicyclic) bond motifs is 2. The summed E-state index contributed by atoms with van der Waals surface area (Å²) in [5.41, 5.74) is -0.274. The quantitative estimate of drug-likeness (QED) is 0.824. The molecule has 2 aliphatic heterocycles. The van der Waals surface area contributed by atoms with Crippen molar-refractivity contribution in [3.05, 3.63) is 69.7 Å². The summed E-state index contributed by atoms with van der Waals surface area (Å²) in [4.78, 5) is 10.2. The van der Waals surface area contributed by atoms with Gasteiger partial charge in [-0.25, -0.2) is 0 Å². The van der Waals surface area contributed by atoms with E-state index < -0.39 is 0 Å². The van der Waals surface area contributed by atoms with Crippen molar-refractivity contribution in [1.82, 2.24) is 0 Å². The lowest BCUT2D eigenvalue weighted by molar-refractivity contribution is 0.384. The second kappa shape index (κ2) is 5.16. The maximum atomic E-state index is 5.09. The lowest BCUT2D eigenvalue weighted by atomic mass is 9.79. The van der Waals surface area contributed by atoms with E-state index in [2.05, 4.69) is 74.5 Å². The van der Waals surface area contributed by atoms with Crippen LogP contribution in [0.1, 0.15) is 33.1 Å². The molecule has 0 spiro atoms. The summed E-state index contributed by atoms with van der Waals surface area (Å²) in [7, 11) is 0. The van der Waals surface area contributed by atoms with Crippen LogP contribution < -0.4 is 21.2 Å². The van der Waals surface area contributed by atoms with E-state index in [9.17, 15) is 0 Å². The molecular formula is C21H22N2. The molecule has 2 aromatic rings. The zero-order chi connectivity index (χ0) is 15.9. The van der Waals surface area contributed by atoms with E-state index in [4.69, 9.17) is 9.98 Å². The van der Waals surface area contributed by atoms with Crippen LogP contribution in [0.15, 0.2) is 58.5 Å². The van der Waals surface area contributed by atoms with Crippen LogP contribution in [-0.2, 0) is 0 Å². The van der Waals surface area contributed by atoms with E-state index >= 15 is 0 Å². The molecule has 2 heteroatoms. The Morgan fingerprint density at radius 3 is 1.52 bits per heavy atom. The topological polar surface area (TPSA) is 24.7 Å². The average Bonchev–Trinajstić information content (AvgIpc) is 3.13. The molecule has 0 saturated heterocycles. The van der Waals surface area contributed by atoms with Crippen molar-refractivity contribution in [2.24, 2.45) is 9.98 Å². The number of benzene rings is 2. The smallest absolute Gasteiger partial charge is 0.0828 e. The second-order valence-corrected chi connectivity index (χ2v) is 6.72. The Hall–Kier alpha value is -2.22. The van der Waals surface area contributed by atoms with E-state index in [0.29, 0.717) is 0 Å². The third kappa shape index (κ3) is 2.33. The Morgan fingerprint density at radius 1 is 0.696 bits per heavy atom. The van der Waals surface area contributed by atoms with Gasteiger partial charge in [-0.15, -0.1) is 0 Å². The van der Waals surface area contributed by atoms with Crippen molar-refractivity contribution in [1.29, 1.82) is 0 Å². The van der Waals surface area contributed by atoms with Gasteiger partial charge in [-0.05, 0) is 47.6 Å². The van der Waals surface area contributed by atoms with Gasteiger partial charge < -0.3 is 0 Å². The number of hydrogen-bond donors (Lipinski definition) is 0. The van der Waals surface area contributed by atoms with Gasteiger partial charge in [0.15, 0.2) is 0 Å². The van der Waals surface area contributed by atoms with Gasteiger partial charge >= 0.3 is 0 Å². The fraction of sp³-hybridized carbons (Fsp3) is 0.333. The van der Waals surface area contributed by atoms with Crippen molar-refractivity contribution in [2.75, 3.05) is 0 Å². The predicted molar refractivity (Wildman–Crippen MR) is 94.0 cm³/mol. The Bertz CT molecular complexity index is 833. The molecule has 0 aliphatic carbocycles. The third-order valence-electron chi connectivity index (χ3n) is 5.24. The van der Waals surface area contributed by atoms with Crippen molar-refractivity contribution < 1.29 is 0 Å². The number of para-hydroxylation sites is 2. The summed E-state index contributed by atoms with van der Waals surface area (Å²) in [6.45, 7) is 4.47. The van der Waals surface area contributed by atoms with Crippen LogP contribution in [0.4, 0.5) is 0 Å². The maximum Gasteiger partial charge on any atom is 0.0828 e. The molecule has 2 aromatic carbocycles. The summed E-state index contributed by atoms with van der Waals surface area (Å²) in [5, 5.41) is 4.76. The van der Waals surface area contributed by atoms with E-state index in [1.165, 1.54) is 10.4 Å². The highest BCUT2D eigenvalue weighted by Crippen LogP contribution is 2.36. The van der Waals surface area contributed by atoms with Gasteiger partial charge in [0.25, 0.3) is 0 Å². The minimum atomic E-state index is -0.137. The molecule has 2 heterocycles. The molecule has 0 aromatic heterocycles. The first kappa shape index (κ1) is 14.4. The highest BCUT2D eigenvalue weighted by Gasteiger charge is 2.39. The van der Waals surface area contributed by atoms with Crippen molar-refractivity contribution in [2.45, 2.75) is 44.2 Å². The summed E-state index contributed by atoms with van der Waals surface area (Å²) in [5.74, 6) is 0. The van der Waals surface area contributed by atoms with E-state index in [0.717, 1.165) is 30.0 Å². The number of rotatable bonds is 4. The van der Waals surface area contributed by atoms with Crippen LogP contribution >= 0.6 is 0 Å². The van der Waals surface area contributed by atoms with Crippen molar-refractivity contribution in [3.8, 4) is 0 Å². The van der Waals surface area contributed by atoms with Crippen LogP contribution in [-0.4, -0.2) is 11.1 Å². The number of nitrogens with zero attached hydrogens (tertiary/aromatic N) is 2. The van der Waals surface area contributed by atoms with Gasteiger partial charge in [-0.1, -0.05) is 50.2 Å². The Labute approximate surface area is 136 Å². The number of hydrogen-bond acceptors (Lipinski definition) is 2. The normalized spacial score (nSPS) is 27.2. The molecule has 0 amide bonds. The molecule has 0 N–H and O–H groups in total. The Kier molecular flexibility index (Phi) is 3.22. The molecule has 23 heavy (non-hydrogen) atoms. The molecule has 2 atom stereocenters. The van der Waals surface area contributed by atoms with Gasteiger partial charge in [-0.2, -0.15) is 0 Å². The second-order valence-electron chi connectivity index (χ2n) is 6.72. The maximum absolute atomic E-state index is 5.09. The summed E-state index contributed by atoms with van der Waals surface area (Å²) in [6, 6.07) is 16.9. The van der Waals surface area contributed by atoms with Crippen molar-refractivity contribution in [3.63, 3.8) is 0 Å². The van der Waals surface area contributed by atoms with Crippen LogP contribution in [0.3, 0.4) is 0 Å². The van der Waals surface area contributed by atoms with Gasteiger partial charge in [-0.3, -0.25) is 9.98 Å². The Balaban J connectivity index is 1.80. The molecule has 0 bridgehead atoms. The minimum Gasteiger partial charge on any atom is -0.274 e. The first-order valence-electron chi connectivity index (χ1n) is 8.53. The van der Waals surface area contributed by atoms with Crippen LogP contribution in [0.2, 0.25) is 0 Å². The van der Waals surface area contributed by atoms with Gasteiger partial charge in [0.05, 0.1) is 21.8 Å². The predicted octanol–water partition coefficient (Wildman–Crippen LogP) is 1.90. The zero-order valence-electron chi connectivity index (χ0n) is 13.8. The molecule has 2 unspecified atom stereocenters. The third-order valence-corrected chi connectivity index (χ3v) is 5.24. The average molecular weight is 302 g/mol. The van der Waals surface area contributed by atoms with Crippen LogP contribution in [0.25, 0.3) is 12.2 Å². The molecule has 4 rings (SSSR count). The molecule has 116 valence electrons. The summed E-state index contributed by atoms with van der Waals surface area (Å²) in [6.07, 6.45) is 7.65. The first-order valence-corrected chi connectivity index (χ1v) is 8.53. The molecule has 0 saturated carbocycles. The van der Waals surface area contributed by atoms with Crippen LogP contribution in [0.5, 0.6) is 0 Å². The van der Waals surface area contributed by atoms with Gasteiger partial charge in [0.1, 0.15) is 0 Å². The SMILES string of the molecule is CCC1(CC2(CC)C=c3ccccc3=N2)C=c2ccccc2=N1. The molecule has 0 radical (unpaired) electrons. The van der Waals surface area contributed by atoms with Gasteiger partial charge in [0.2, 0.25) is 0 Å². The highest BCUT2D eigenvalue weighted by molar-refractivity contribution is 5.48. The standard InChI is InChI=1S/C21H22N2/c1-3-20(13-16-9-5-7-11-18(16)22-20)15-21(4-2)14-17-10-6-8-12-19(17)23-21/h5-14H,3-4,15H2,1-2H3. The lowest BCUT2D eigenvalue weighted by Crippen LogP contribution is -2.35. The van der Waals surface area contributed by atoms with E-state index in [1.54, 1.807) is 0 Å². The summed E-state index contributed by atoms with van der Waals surface area (Å²) < 4.78 is 0. The molecule has 2 aliphatic rings. The van der Waals surface area contributed by atoms with Crippen molar-refractivity contribution >= 4 is 12.2 Å². The monoisotopic (exact) mass is 302 g/mol. The summed E-state index contributed by atoms with van der Waals surface area (Å²) >= 11 is 0. The highest BCUT2D eigenvalue weighted by atomic mass is 14.9. The minimum absolute atomic E-state index is 0.137. The fourth-order valence-electron chi connectivity index (χ4n) is 3.87. The van der Waals surface area contributed by atoms with Crippen LogP contribution in [0, 0.1) is 0 Å².